The van der Waals surface area contributed by atoms with E-state index in [9.17, 15) is 0 Å². The summed E-state index contributed by atoms with van der Waals surface area (Å²) >= 11 is 0. The van der Waals surface area contributed by atoms with E-state index < -0.39 is 0 Å². The summed E-state index contributed by atoms with van der Waals surface area (Å²) in [6.45, 7) is 5.46. The van der Waals surface area contributed by atoms with Crippen LogP contribution in [0.5, 0.6) is 5.75 Å². The number of benzene rings is 1. The first-order chi connectivity index (χ1) is 18.2. The predicted molar refractivity (Wildman–Crippen MR) is 156 cm³/mol. The summed E-state index contributed by atoms with van der Waals surface area (Å²) in [6, 6.07) is 8.37. The van der Waals surface area contributed by atoms with Gasteiger partial charge in [-0.3, -0.25) is 0 Å². The van der Waals surface area contributed by atoms with Gasteiger partial charge in [0, 0.05) is 18.0 Å². The second kappa shape index (κ2) is 15.5. The van der Waals surface area contributed by atoms with Crippen LogP contribution in [-0.4, -0.2) is 16.6 Å². The number of hydrogen-bond donors (Lipinski definition) is 0. The molecular formula is C34H52N2O. The standard InChI is InChI=1S/C34H52N2O/c1-3-5-7-9-28-14-17-30(18-15-28)26-37-33-22-20-32(21-23-33)34-35-24-31(25-36-34)19-16-29-12-10-27(11-13-29)8-6-4-2/h20-25,27-30H,3-19,26H2,1-2H3. The number of nitrogens with zero attached hydrogens (tertiary/aromatic N) is 2. The van der Waals surface area contributed by atoms with Gasteiger partial charge in [0.25, 0.3) is 0 Å². The summed E-state index contributed by atoms with van der Waals surface area (Å²) in [5, 5.41) is 0. The van der Waals surface area contributed by atoms with Crippen LogP contribution in [-0.2, 0) is 6.42 Å². The van der Waals surface area contributed by atoms with Crippen molar-refractivity contribution in [1.29, 1.82) is 0 Å². The zero-order valence-electron chi connectivity index (χ0n) is 23.8. The number of ether oxygens (including phenoxy) is 1. The van der Waals surface area contributed by atoms with Crippen molar-refractivity contribution in [2.45, 2.75) is 123 Å². The number of rotatable bonds is 14. The fraction of sp³-hybridized carbons (Fsp3) is 0.706. The Morgan fingerprint density at radius 1 is 0.649 bits per heavy atom. The molecule has 0 bridgehead atoms. The third-order valence-corrected chi connectivity index (χ3v) is 9.26. The van der Waals surface area contributed by atoms with Gasteiger partial charge in [-0.05, 0) is 79.2 Å². The van der Waals surface area contributed by atoms with Gasteiger partial charge in [-0.15, -0.1) is 0 Å². The summed E-state index contributed by atoms with van der Waals surface area (Å²) < 4.78 is 6.16. The molecule has 0 amide bonds. The molecule has 0 radical (unpaired) electrons. The molecule has 3 heteroatoms. The first kappa shape index (κ1) is 28.1. The molecule has 37 heavy (non-hydrogen) atoms. The smallest absolute Gasteiger partial charge is 0.159 e. The quantitative estimate of drug-likeness (QED) is 0.240. The van der Waals surface area contributed by atoms with Gasteiger partial charge >= 0.3 is 0 Å². The van der Waals surface area contributed by atoms with Gasteiger partial charge in [0.05, 0.1) is 6.61 Å². The first-order valence-corrected chi connectivity index (χ1v) is 15.8. The molecule has 1 aromatic carbocycles. The van der Waals surface area contributed by atoms with Gasteiger partial charge in [-0.25, -0.2) is 9.97 Å². The van der Waals surface area contributed by atoms with Crippen molar-refractivity contribution in [1.82, 2.24) is 9.97 Å². The molecule has 0 aliphatic heterocycles. The summed E-state index contributed by atoms with van der Waals surface area (Å²) in [5.74, 6) is 5.35. The fourth-order valence-electron chi connectivity index (χ4n) is 6.59. The van der Waals surface area contributed by atoms with E-state index in [0.717, 1.165) is 47.9 Å². The van der Waals surface area contributed by atoms with Crippen molar-refractivity contribution in [3.05, 3.63) is 42.2 Å². The minimum absolute atomic E-state index is 0.717. The molecule has 1 aromatic heterocycles. The van der Waals surface area contributed by atoms with E-state index in [0.29, 0.717) is 5.92 Å². The fourth-order valence-corrected chi connectivity index (χ4v) is 6.59. The number of aryl methyl sites for hydroxylation is 1. The summed E-state index contributed by atoms with van der Waals surface area (Å²) in [4.78, 5) is 9.38. The van der Waals surface area contributed by atoms with Crippen LogP contribution in [0.25, 0.3) is 11.4 Å². The lowest BCUT2D eigenvalue weighted by Crippen LogP contribution is -2.20. The third-order valence-electron chi connectivity index (χ3n) is 9.26. The molecule has 0 spiro atoms. The summed E-state index contributed by atoms with van der Waals surface area (Å²) in [7, 11) is 0. The molecule has 2 fully saturated rings. The SMILES string of the molecule is CCCCCC1CCC(COc2ccc(-c3ncc(CCC4CCC(CCCC)CC4)cn3)cc2)CC1. The van der Waals surface area contributed by atoms with Crippen LogP contribution in [0.1, 0.15) is 122 Å². The molecule has 1 heterocycles. The highest BCUT2D eigenvalue weighted by Gasteiger charge is 2.22. The molecule has 2 aromatic rings. The van der Waals surface area contributed by atoms with Gasteiger partial charge in [0.1, 0.15) is 5.75 Å². The van der Waals surface area contributed by atoms with E-state index in [1.54, 1.807) is 0 Å². The van der Waals surface area contributed by atoms with Gasteiger partial charge in [-0.2, -0.15) is 0 Å². The van der Waals surface area contributed by atoms with Crippen molar-refractivity contribution in [2.24, 2.45) is 23.7 Å². The van der Waals surface area contributed by atoms with Crippen molar-refractivity contribution < 1.29 is 4.74 Å². The maximum absolute atomic E-state index is 6.16. The molecule has 0 saturated heterocycles. The lowest BCUT2D eigenvalue weighted by Gasteiger charge is -2.28. The van der Waals surface area contributed by atoms with Crippen LogP contribution in [0.3, 0.4) is 0 Å². The second-order valence-electron chi connectivity index (χ2n) is 12.2. The molecule has 0 N–H and O–H groups in total. The van der Waals surface area contributed by atoms with Gasteiger partial charge < -0.3 is 4.74 Å². The molecule has 4 rings (SSSR count). The molecule has 0 atom stereocenters. The highest BCUT2D eigenvalue weighted by atomic mass is 16.5. The van der Waals surface area contributed by atoms with Crippen molar-refractivity contribution >= 4 is 0 Å². The Morgan fingerprint density at radius 3 is 1.78 bits per heavy atom. The van der Waals surface area contributed by atoms with Gasteiger partial charge in [-0.1, -0.05) is 97.3 Å². The van der Waals surface area contributed by atoms with Crippen LogP contribution in [0.2, 0.25) is 0 Å². The molecule has 2 aliphatic carbocycles. The normalized spacial score (nSPS) is 24.2. The van der Waals surface area contributed by atoms with Crippen LogP contribution >= 0.6 is 0 Å². The van der Waals surface area contributed by atoms with E-state index in [1.807, 2.05) is 12.4 Å². The van der Waals surface area contributed by atoms with Crippen LogP contribution < -0.4 is 4.74 Å². The van der Waals surface area contributed by atoms with Gasteiger partial charge in [0.2, 0.25) is 0 Å². The number of unbranched alkanes of at least 4 members (excludes halogenated alkanes) is 3. The van der Waals surface area contributed by atoms with E-state index in [4.69, 9.17) is 4.74 Å². The highest BCUT2D eigenvalue weighted by Crippen LogP contribution is 2.34. The maximum Gasteiger partial charge on any atom is 0.159 e. The largest absolute Gasteiger partial charge is 0.493 e. The Labute approximate surface area is 227 Å². The van der Waals surface area contributed by atoms with Crippen LogP contribution in [0.15, 0.2) is 36.7 Å². The Balaban J connectivity index is 1.15. The first-order valence-electron chi connectivity index (χ1n) is 15.8. The third kappa shape index (κ3) is 9.41. The lowest BCUT2D eigenvalue weighted by molar-refractivity contribution is 0.177. The Hall–Kier alpha value is -1.90. The minimum atomic E-state index is 0.717. The Bertz CT molecular complexity index is 862. The van der Waals surface area contributed by atoms with Gasteiger partial charge in [0.15, 0.2) is 5.82 Å². The lowest BCUT2D eigenvalue weighted by atomic mass is 9.78. The number of hydrogen-bond acceptors (Lipinski definition) is 3. The van der Waals surface area contributed by atoms with E-state index in [1.165, 1.54) is 108 Å². The van der Waals surface area contributed by atoms with Crippen molar-refractivity contribution in [3.8, 4) is 17.1 Å². The average molecular weight is 505 g/mol. The maximum atomic E-state index is 6.16. The van der Waals surface area contributed by atoms with Crippen LogP contribution in [0, 0.1) is 23.7 Å². The molecule has 0 unspecified atom stereocenters. The molecule has 2 aliphatic rings. The second-order valence-corrected chi connectivity index (χ2v) is 12.2. The minimum Gasteiger partial charge on any atom is -0.493 e. The molecule has 2 saturated carbocycles. The summed E-state index contributed by atoms with van der Waals surface area (Å²) in [6.07, 6.45) is 27.4. The number of aromatic nitrogens is 2. The zero-order valence-corrected chi connectivity index (χ0v) is 23.8. The van der Waals surface area contributed by atoms with E-state index >= 15 is 0 Å². The van der Waals surface area contributed by atoms with Crippen molar-refractivity contribution in [2.75, 3.05) is 6.61 Å². The molecular weight excluding hydrogens is 452 g/mol. The Morgan fingerprint density at radius 2 is 1.19 bits per heavy atom. The highest BCUT2D eigenvalue weighted by molar-refractivity contribution is 5.55. The van der Waals surface area contributed by atoms with E-state index in [2.05, 4.69) is 48.1 Å². The molecule has 204 valence electrons. The van der Waals surface area contributed by atoms with E-state index in [-0.39, 0.29) is 0 Å². The topological polar surface area (TPSA) is 35.0 Å². The Kier molecular flexibility index (Phi) is 11.8. The molecule has 3 nitrogen and oxygen atoms in total. The zero-order chi connectivity index (χ0) is 25.7. The average Bonchev–Trinajstić information content (AvgIpc) is 2.96. The predicted octanol–water partition coefficient (Wildman–Crippen LogP) is 9.84. The van der Waals surface area contributed by atoms with Crippen molar-refractivity contribution in [3.63, 3.8) is 0 Å². The summed E-state index contributed by atoms with van der Waals surface area (Å²) in [5.41, 5.74) is 2.34. The monoisotopic (exact) mass is 504 g/mol. The van der Waals surface area contributed by atoms with Crippen LogP contribution in [0.4, 0.5) is 0 Å².